The van der Waals surface area contributed by atoms with Crippen LogP contribution in [-0.2, 0) is 16.0 Å². The van der Waals surface area contributed by atoms with Gasteiger partial charge in [0, 0.05) is 10.6 Å². The lowest BCUT2D eigenvalue weighted by atomic mass is 10.1. The molecule has 3 N–H and O–H groups in total. The quantitative estimate of drug-likeness (QED) is 0.673. The van der Waals surface area contributed by atoms with Gasteiger partial charge in [0.05, 0.1) is 18.3 Å². The van der Waals surface area contributed by atoms with Crippen molar-refractivity contribution in [3.05, 3.63) is 70.8 Å². The molecule has 0 radical (unpaired) electrons. The Hall–Kier alpha value is -2.90. The minimum absolute atomic E-state index is 0.0164. The number of nitrogens with one attached hydrogen (secondary N) is 1. The average Bonchev–Trinajstić information content (AvgIpc) is 3.17. The van der Waals surface area contributed by atoms with E-state index < -0.39 is 12.1 Å². The highest BCUT2D eigenvalue weighted by atomic mass is 35.5. The summed E-state index contributed by atoms with van der Waals surface area (Å²) in [6.07, 6.45) is 0.399. The van der Waals surface area contributed by atoms with Crippen LogP contribution in [0.15, 0.2) is 54.6 Å². The summed E-state index contributed by atoms with van der Waals surface area (Å²) in [6, 6.07) is 11.6. The molecule has 1 heterocycles. The maximum absolute atomic E-state index is 12.9. The Morgan fingerprint density at radius 1 is 1.33 bits per heavy atom. The first-order valence-corrected chi connectivity index (χ1v) is 8.61. The van der Waals surface area contributed by atoms with Crippen molar-refractivity contribution in [1.82, 2.24) is 4.90 Å². The molecule has 142 valence electrons. The first kappa shape index (κ1) is 18.9. The number of carbonyl (C=O) groups excluding carboxylic acids is 1. The number of halogens is 1. The van der Waals surface area contributed by atoms with Crippen LogP contribution in [0, 0.1) is 0 Å². The van der Waals surface area contributed by atoms with Crippen LogP contribution in [0.25, 0.3) is 0 Å². The number of urea groups is 1. The topological polar surface area (TPSA) is 91.3 Å². The van der Waals surface area contributed by atoms with Crippen molar-refractivity contribution in [3.8, 4) is 5.75 Å². The maximum atomic E-state index is 12.9. The number of nitrogens with zero attached hydrogens (tertiary/aromatic N) is 1. The van der Waals surface area contributed by atoms with E-state index in [0.717, 1.165) is 5.56 Å². The molecule has 2 amide bonds. The summed E-state index contributed by atoms with van der Waals surface area (Å²) in [7, 11) is 0. The molecule has 0 fully saturated rings. The first-order valence-electron chi connectivity index (χ1n) is 8.23. The van der Waals surface area contributed by atoms with Crippen molar-refractivity contribution < 1.29 is 24.5 Å². The van der Waals surface area contributed by atoms with Crippen molar-refractivity contribution in [3.63, 3.8) is 0 Å². The molecule has 0 saturated heterocycles. The van der Waals surface area contributed by atoms with E-state index in [1.807, 2.05) is 30.3 Å². The maximum Gasteiger partial charge on any atom is 0.329 e. The van der Waals surface area contributed by atoms with Crippen molar-refractivity contribution >= 4 is 23.3 Å². The second-order valence-corrected chi connectivity index (χ2v) is 6.39. The summed E-state index contributed by atoms with van der Waals surface area (Å²) < 4.78 is 10.4. The lowest BCUT2D eigenvalue weighted by molar-refractivity contribution is 0.0554. The van der Waals surface area contributed by atoms with Crippen LogP contribution in [0.3, 0.4) is 0 Å². The summed E-state index contributed by atoms with van der Waals surface area (Å²) in [5.74, 6) is -0.00592. The molecule has 0 aromatic heterocycles. The Bertz CT molecular complexity index is 855. The van der Waals surface area contributed by atoms with Crippen molar-refractivity contribution in [2.75, 3.05) is 12.1 Å². The third-order valence-electron chi connectivity index (χ3n) is 3.95. The van der Waals surface area contributed by atoms with Gasteiger partial charge in [0.2, 0.25) is 12.7 Å². The Morgan fingerprint density at radius 3 is 2.70 bits per heavy atom. The normalized spacial score (nSPS) is 14.0. The number of aromatic hydroxyl groups is 1. The fourth-order valence-electron chi connectivity index (χ4n) is 2.61. The summed E-state index contributed by atoms with van der Waals surface area (Å²) in [4.78, 5) is 14.2. The fraction of sp³-hybridized carbons (Fsp3) is 0.211. The van der Waals surface area contributed by atoms with Crippen LogP contribution in [0.2, 0.25) is 5.02 Å². The van der Waals surface area contributed by atoms with Gasteiger partial charge < -0.3 is 25.0 Å². The molecule has 1 atom stereocenters. The van der Waals surface area contributed by atoms with Gasteiger partial charge in [-0.2, -0.15) is 0 Å². The number of aliphatic hydroxyl groups excluding tert-OH is 1. The molecule has 8 heteroatoms. The highest BCUT2D eigenvalue weighted by Crippen LogP contribution is 2.35. The van der Waals surface area contributed by atoms with E-state index in [4.69, 9.17) is 21.1 Å². The summed E-state index contributed by atoms with van der Waals surface area (Å²) in [5.41, 5.74) is 1.18. The van der Waals surface area contributed by atoms with Gasteiger partial charge >= 0.3 is 6.03 Å². The van der Waals surface area contributed by atoms with Crippen LogP contribution >= 0.6 is 11.6 Å². The van der Waals surface area contributed by atoms with E-state index in [1.165, 1.54) is 30.2 Å². The number of benzene rings is 2. The highest BCUT2D eigenvalue weighted by Gasteiger charge is 2.25. The van der Waals surface area contributed by atoms with E-state index in [2.05, 4.69) is 5.32 Å². The fourth-order valence-corrected chi connectivity index (χ4v) is 2.83. The summed E-state index contributed by atoms with van der Waals surface area (Å²) in [6.45, 7) is 1.74. The highest BCUT2D eigenvalue weighted by molar-refractivity contribution is 6.31. The van der Waals surface area contributed by atoms with Gasteiger partial charge in [0.1, 0.15) is 12.0 Å². The van der Waals surface area contributed by atoms with Gasteiger partial charge in [-0.05, 0) is 24.6 Å². The van der Waals surface area contributed by atoms with Crippen molar-refractivity contribution in [2.24, 2.45) is 0 Å². The van der Waals surface area contributed by atoms with Gasteiger partial charge in [-0.1, -0.05) is 41.9 Å². The standard InChI is InChI=1S/C19H19ClN2O5/c1-12(23)15-7-14(20)8-16(18(15)24)21-19(25)22(17-10-26-11-27-17)9-13-5-3-2-4-6-13/h2-8,10,12,23-24H,9,11H2,1H3,(H,21,25). The molecular weight excluding hydrogens is 372 g/mol. The summed E-state index contributed by atoms with van der Waals surface area (Å²) in [5, 5.41) is 23.0. The molecule has 0 bridgehead atoms. The third-order valence-corrected chi connectivity index (χ3v) is 4.17. The predicted octanol–water partition coefficient (Wildman–Crippen LogP) is 3.94. The van der Waals surface area contributed by atoms with E-state index in [0.29, 0.717) is 0 Å². The number of carbonyl (C=O) groups is 1. The zero-order valence-corrected chi connectivity index (χ0v) is 15.3. The van der Waals surface area contributed by atoms with E-state index in [-0.39, 0.29) is 41.2 Å². The lowest BCUT2D eigenvalue weighted by Crippen LogP contribution is -2.34. The van der Waals surface area contributed by atoms with Crippen LogP contribution in [0.5, 0.6) is 5.75 Å². The van der Waals surface area contributed by atoms with E-state index in [9.17, 15) is 15.0 Å². The largest absolute Gasteiger partial charge is 0.505 e. The number of hydrogen-bond acceptors (Lipinski definition) is 5. The van der Waals surface area contributed by atoms with Gasteiger partial charge in [-0.15, -0.1) is 0 Å². The van der Waals surface area contributed by atoms with E-state index in [1.54, 1.807) is 0 Å². The molecule has 0 aliphatic carbocycles. The number of phenols is 1. The van der Waals surface area contributed by atoms with Gasteiger partial charge in [-0.3, -0.25) is 4.90 Å². The lowest BCUT2D eigenvalue weighted by Gasteiger charge is -2.23. The number of rotatable bonds is 5. The Morgan fingerprint density at radius 2 is 2.07 bits per heavy atom. The second kappa shape index (κ2) is 8.20. The van der Waals surface area contributed by atoms with Crippen LogP contribution in [0.4, 0.5) is 10.5 Å². The molecule has 0 saturated carbocycles. The molecular formula is C19H19ClN2O5. The minimum Gasteiger partial charge on any atom is -0.505 e. The molecule has 2 aromatic carbocycles. The molecule has 1 unspecified atom stereocenters. The summed E-state index contributed by atoms with van der Waals surface area (Å²) >= 11 is 6.04. The number of anilines is 1. The monoisotopic (exact) mass is 390 g/mol. The average molecular weight is 391 g/mol. The van der Waals surface area contributed by atoms with Crippen LogP contribution < -0.4 is 5.32 Å². The molecule has 7 nitrogen and oxygen atoms in total. The zero-order valence-electron chi connectivity index (χ0n) is 14.6. The third kappa shape index (κ3) is 4.45. The molecule has 2 aromatic rings. The first-order chi connectivity index (χ1) is 13.0. The zero-order chi connectivity index (χ0) is 19.4. The SMILES string of the molecule is CC(O)c1cc(Cl)cc(NC(=O)N(Cc2ccccc2)C2=COCO2)c1O. The minimum atomic E-state index is -0.950. The van der Waals surface area contributed by atoms with Gasteiger partial charge in [0.25, 0.3) is 0 Å². The number of aliphatic hydroxyl groups is 1. The van der Waals surface area contributed by atoms with Crippen molar-refractivity contribution in [2.45, 2.75) is 19.6 Å². The number of amides is 2. The number of phenolic OH excluding ortho intramolecular Hbond substituents is 1. The molecule has 1 aliphatic rings. The van der Waals surface area contributed by atoms with Gasteiger partial charge in [0.15, 0.2) is 0 Å². The predicted molar refractivity (Wildman–Crippen MR) is 99.9 cm³/mol. The van der Waals surface area contributed by atoms with Crippen LogP contribution in [0.1, 0.15) is 24.2 Å². The Kier molecular flexibility index (Phi) is 5.73. The molecule has 1 aliphatic heterocycles. The second-order valence-electron chi connectivity index (χ2n) is 5.95. The van der Waals surface area contributed by atoms with Crippen molar-refractivity contribution in [1.29, 1.82) is 0 Å². The Labute approximate surface area is 161 Å². The number of hydrogen-bond donors (Lipinski definition) is 3. The van der Waals surface area contributed by atoms with Crippen LogP contribution in [-0.4, -0.2) is 27.9 Å². The van der Waals surface area contributed by atoms with Gasteiger partial charge in [-0.25, -0.2) is 4.79 Å². The Balaban J connectivity index is 1.87. The molecule has 3 rings (SSSR count). The smallest absolute Gasteiger partial charge is 0.329 e. The molecule has 0 spiro atoms. The number of ether oxygens (including phenoxy) is 2. The molecule has 27 heavy (non-hydrogen) atoms. The van der Waals surface area contributed by atoms with E-state index >= 15 is 0 Å².